The third-order valence-corrected chi connectivity index (χ3v) is 5.51. The average Bonchev–Trinajstić information content (AvgIpc) is 2.91. The molecule has 0 unspecified atom stereocenters. The van der Waals surface area contributed by atoms with Crippen molar-refractivity contribution in [1.82, 2.24) is 14.6 Å². The molecule has 6 heteroatoms. The standard InChI is InChI=1S/C18H21N3O2S/c1-13(2)15-5-7-18-16(8-9-21(18)10-15)11-24(22,23)12-17-6-4-14(3)19-20-17/h4-10,13H,11-12H2,1-3H3. The summed E-state index contributed by atoms with van der Waals surface area (Å²) < 4.78 is 27.0. The summed E-state index contributed by atoms with van der Waals surface area (Å²) in [4.78, 5) is 0. The normalized spacial score (nSPS) is 12.2. The molecule has 0 aliphatic heterocycles. The first-order chi connectivity index (χ1) is 11.3. The van der Waals surface area contributed by atoms with E-state index in [2.05, 4.69) is 36.3 Å². The summed E-state index contributed by atoms with van der Waals surface area (Å²) in [6.07, 6.45) is 3.97. The molecule has 0 saturated heterocycles. The summed E-state index contributed by atoms with van der Waals surface area (Å²) in [5, 5.41) is 7.87. The van der Waals surface area contributed by atoms with Crippen molar-refractivity contribution < 1.29 is 8.42 Å². The molecular formula is C18H21N3O2S. The van der Waals surface area contributed by atoms with Gasteiger partial charge in [0.1, 0.15) is 0 Å². The van der Waals surface area contributed by atoms with E-state index in [4.69, 9.17) is 0 Å². The molecule has 3 heterocycles. The molecule has 0 amide bonds. The first kappa shape index (κ1) is 16.6. The maximum Gasteiger partial charge on any atom is 0.160 e. The van der Waals surface area contributed by atoms with Gasteiger partial charge in [-0.25, -0.2) is 8.42 Å². The number of nitrogens with zero attached hydrogens (tertiary/aromatic N) is 3. The summed E-state index contributed by atoms with van der Waals surface area (Å²) in [6.45, 7) is 6.10. The lowest BCUT2D eigenvalue weighted by molar-refractivity contribution is 0.593. The highest BCUT2D eigenvalue weighted by Crippen LogP contribution is 2.21. The molecule has 0 radical (unpaired) electrons. The molecule has 0 atom stereocenters. The molecule has 5 nitrogen and oxygen atoms in total. The van der Waals surface area contributed by atoms with Crippen LogP contribution in [-0.4, -0.2) is 23.0 Å². The SMILES string of the molecule is Cc1ccc(CS(=O)(=O)Cc2ccn3cc(C(C)C)ccc23)nn1. The summed E-state index contributed by atoms with van der Waals surface area (Å²) >= 11 is 0. The number of pyridine rings is 1. The van der Waals surface area contributed by atoms with Gasteiger partial charge in [-0.05, 0) is 48.2 Å². The molecule has 0 aliphatic carbocycles. The molecule has 3 aromatic rings. The highest BCUT2D eigenvalue weighted by Gasteiger charge is 2.17. The lowest BCUT2D eigenvalue weighted by Gasteiger charge is -2.07. The van der Waals surface area contributed by atoms with Gasteiger partial charge in [-0.3, -0.25) is 0 Å². The summed E-state index contributed by atoms with van der Waals surface area (Å²) in [5.41, 5.74) is 4.22. The third kappa shape index (κ3) is 3.64. The van der Waals surface area contributed by atoms with Gasteiger partial charge in [0.2, 0.25) is 0 Å². The second kappa shape index (κ2) is 6.36. The van der Waals surface area contributed by atoms with Crippen LogP contribution in [0.3, 0.4) is 0 Å². The number of aromatic nitrogens is 3. The molecule has 3 aromatic heterocycles. The fraction of sp³-hybridized carbons (Fsp3) is 0.333. The number of aryl methyl sites for hydroxylation is 1. The van der Waals surface area contributed by atoms with Crippen LogP contribution in [-0.2, 0) is 21.3 Å². The van der Waals surface area contributed by atoms with Gasteiger partial charge >= 0.3 is 0 Å². The highest BCUT2D eigenvalue weighted by molar-refractivity contribution is 7.89. The first-order valence-corrected chi connectivity index (χ1v) is 9.75. The lowest BCUT2D eigenvalue weighted by atomic mass is 10.1. The Morgan fingerprint density at radius 2 is 1.83 bits per heavy atom. The van der Waals surface area contributed by atoms with E-state index in [0.29, 0.717) is 11.6 Å². The third-order valence-electron chi connectivity index (χ3n) is 4.03. The number of hydrogen-bond donors (Lipinski definition) is 0. The zero-order chi connectivity index (χ0) is 17.3. The van der Waals surface area contributed by atoms with Gasteiger partial charge in [-0.2, -0.15) is 10.2 Å². The Morgan fingerprint density at radius 1 is 1.04 bits per heavy atom. The second-order valence-electron chi connectivity index (χ2n) is 6.45. The second-order valence-corrected chi connectivity index (χ2v) is 8.51. The van der Waals surface area contributed by atoms with Crippen LogP contribution < -0.4 is 0 Å². The molecule has 0 aromatic carbocycles. The van der Waals surface area contributed by atoms with Crippen LogP contribution in [0.15, 0.2) is 42.7 Å². The van der Waals surface area contributed by atoms with Crippen molar-refractivity contribution in [2.45, 2.75) is 38.2 Å². The van der Waals surface area contributed by atoms with E-state index >= 15 is 0 Å². The number of sulfone groups is 1. The minimum Gasteiger partial charge on any atom is -0.323 e. The molecule has 0 aliphatic rings. The fourth-order valence-electron chi connectivity index (χ4n) is 2.67. The molecule has 3 rings (SSSR count). The van der Waals surface area contributed by atoms with E-state index in [-0.39, 0.29) is 11.5 Å². The van der Waals surface area contributed by atoms with Crippen LogP contribution in [0, 0.1) is 6.92 Å². The van der Waals surface area contributed by atoms with Crippen molar-refractivity contribution >= 4 is 15.4 Å². The van der Waals surface area contributed by atoms with Crippen LogP contribution in [0.2, 0.25) is 0 Å². The Labute approximate surface area is 142 Å². The largest absolute Gasteiger partial charge is 0.323 e. The van der Waals surface area contributed by atoms with Crippen LogP contribution in [0.1, 0.15) is 42.3 Å². The zero-order valence-corrected chi connectivity index (χ0v) is 14.9. The van der Waals surface area contributed by atoms with E-state index in [0.717, 1.165) is 16.8 Å². The monoisotopic (exact) mass is 343 g/mol. The van der Waals surface area contributed by atoms with E-state index in [1.54, 1.807) is 12.1 Å². The van der Waals surface area contributed by atoms with Gasteiger partial charge in [-0.15, -0.1) is 0 Å². The van der Waals surface area contributed by atoms with Gasteiger partial charge in [0.15, 0.2) is 9.84 Å². The van der Waals surface area contributed by atoms with Gasteiger partial charge in [0.25, 0.3) is 0 Å². The van der Waals surface area contributed by atoms with E-state index < -0.39 is 9.84 Å². The van der Waals surface area contributed by atoms with Gasteiger partial charge in [-0.1, -0.05) is 19.9 Å². The number of fused-ring (bicyclic) bond motifs is 1. The molecule has 0 N–H and O–H groups in total. The molecule has 0 saturated carbocycles. The van der Waals surface area contributed by atoms with Crippen LogP contribution in [0.25, 0.3) is 5.52 Å². The summed E-state index contributed by atoms with van der Waals surface area (Å²) in [6, 6.07) is 9.41. The Kier molecular flexibility index (Phi) is 4.41. The molecule has 0 bridgehead atoms. The molecular weight excluding hydrogens is 322 g/mol. The van der Waals surface area contributed by atoms with Gasteiger partial charge < -0.3 is 4.40 Å². The maximum absolute atomic E-state index is 12.5. The van der Waals surface area contributed by atoms with Gasteiger partial charge in [0, 0.05) is 17.9 Å². The number of rotatable bonds is 5. The quantitative estimate of drug-likeness (QED) is 0.713. The van der Waals surface area contributed by atoms with Crippen LogP contribution >= 0.6 is 0 Å². The molecule has 0 spiro atoms. The number of hydrogen-bond acceptors (Lipinski definition) is 4. The Balaban J connectivity index is 1.84. The topological polar surface area (TPSA) is 64.3 Å². The fourth-order valence-corrected chi connectivity index (χ4v) is 4.09. The Morgan fingerprint density at radius 3 is 2.50 bits per heavy atom. The van der Waals surface area contributed by atoms with E-state index in [9.17, 15) is 8.42 Å². The first-order valence-electron chi connectivity index (χ1n) is 7.93. The molecule has 0 fully saturated rings. The summed E-state index contributed by atoms with van der Waals surface area (Å²) in [5.74, 6) is 0.339. The van der Waals surface area contributed by atoms with E-state index in [1.807, 2.05) is 29.7 Å². The predicted molar refractivity (Wildman–Crippen MR) is 94.6 cm³/mol. The highest BCUT2D eigenvalue weighted by atomic mass is 32.2. The lowest BCUT2D eigenvalue weighted by Crippen LogP contribution is -2.09. The van der Waals surface area contributed by atoms with Crippen molar-refractivity contribution in [2.75, 3.05) is 0 Å². The maximum atomic E-state index is 12.5. The Hall–Kier alpha value is -2.21. The smallest absolute Gasteiger partial charge is 0.160 e. The van der Waals surface area contributed by atoms with Crippen molar-refractivity contribution in [3.63, 3.8) is 0 Å². The minimum absolute atomic E-state index is 0.0000810. The van der Waals surface area contributed by atoms with Gasteiger partial charge in [0.05, 0.1) is 22.9 Å². The predicted octanol–water partition coefficient (Wildman–Crippen LogP) is 3.28. The van der Waals surface area contributed by atoms with Crippen molar-refractivity contribution in [3.8, 4) is 0 Å². The minimum atomic E-state index is -3.30. The average molecular weight is 343 g/mol. The van der Waals surface area contributed by atoms with E-state index in [1.165, 1.54) is 5.56 Å². The van der Waals surface area contributed by atoms with Crippen molar-refractivity contribution in [3.05, 3.63) is 65.2 Å². The van der Waals surface area contributed by atoms with Crippen molar-refractivity contribution in [1.29, 1.82) is 0 Å². The Bertz CT molecular complexity index is 958. The molecule has 24 heavy (non-hydrogen) atoms. The van der Waals surface area contributed by atoms with Crippen molar-refractivity contribution in [2.24, 2.45) is 0 Å². The zero-order valence-electron chi connectivity index (χ0n) is 14.1. The molecule has 126 valence electrons. The van der Waals surface area contributed by atoms with Crippen LogP contribution in [0.4, 0.5) is 0 Å². The van der Waals surface area contributed by atoms with Crippen LogP contribution in [0.5, 0.6) is 0 Å². The summed E-state index contributed by atoms with van der Waals surface area (Å²) in [7, 11) is -3.30.